The first-order valence-corrected chi connectivity index (χ1v) is 8.53. The van der Waals surface area contributed by atoms with Crippen LogP contribution in [0.3, 0.4) is 0 Å². The van der Waals surface area contributed by atoms with Gasteiger partial charge in [-0.2, -0.15) is 0 Å². The Balaban J connectivity index is 0.00000364. The second-order valence-electron chi connectivity index (χ2n) is 5.80. The van der Waals surface area contributed by atoms with E-state index in [1.165, 1.54) is 0 Å². The highest BCUT2D eigenvalue weighted by Crippen LogP contribution is 2.23. The van der Waals surface area contributed by atoms with Gasteiger partial charge in [-0.3, -0.25) is 0 Å². The minimum atomic E-state index is 0. The minimum absolute atomic E-state index is 0. The number of halogens is 1. The zero-order valence-corrected chi connectivity index (χ0v) is 17.2. The van der Waals surface area contributed by atoms with Crippen molar-refractivity contribution in [1.29, 1.82) is 0 Å². The SMILES string of the molecule is COc1cc(CNCCNCc2cc(OC)cc(OC)c2)cc(OC)c1.Cl. The summed E-state index contributed by atoms with van der Waals surface area (Å²) >= 11 is 0. The third-order valence-corrected chi connectivity index (χ3v) is 3.96. The number of hydrogen-bond acceptors (Lipinski definition) is 6. The fourth-order valence-electron chi connectivity index (χ4n) is 2.58. The number of hydrogen-bond donors (Lipinski definition) is 2. The van der Waals surface area contributed by atoms with Crippen LogP contribution in [0.4, 0.5) is 0 Å². The lowest BCUT2D eigenvalue weighted by atomic mass is 10.2. The summed E-state index contributed by atoms with van der Waals surface area (Å²) in [5.41, 5.74) is 2.25. The Labute approximate surface area is 167 Å². The predicted molar refractivity (Wildman–Crippen MR) is 110 cm³/mol. The van der Waals surface area contributed by atoms with Crippen molar-refractivity contribution in [2.75, 3.05) is 41.5 Å². The van der Waals surface area contributed by atoms with E-state index in [1.54, 1.807) is 28.4 Å². The Morgan fingerprint density at radius 1 is 0.556 bits per heavy atom. The lowest BCUT2D eigenvalue weighted by Crippen LogP contribution is -2.26. The summed E-state index contributed by atoms with van der Waals surface area (Å²) in [7, 11) is 6.62. The van der Waals surface area contributed by atoms with Crippen molar-refractivity contribution in [2.45, 2.75) is 13.1 Å². The molecule has 7 heteroatoms. The summed E-state index contributed by atoms with van der Waals surface area (Å²) in [6.07, 6.45) is 0. The van der Waals surface area contributed by atoms with Gasteiger partial charge in [0.25, 0.3) is 0 Å². The summed E-state index contributed by atoms with van der Waals surface area (Å²) in [5, 5.41) is 6.83. The molecule has 0 amide bonds. The molecule has 2 N–H and O–H groups in total. The van der Waals surface area contributed by atoms with Gasteiger partial charge in [0.15, 0.2) is 0 Å². The smallest absolute Gasteiger partial charge is 0.122 e. The molecule has 0 aliphatic carbocycles. The van der Waals surface area contributed by atoms with Crippen LogP contribution in [0, 0.1) is 0 Å². The molecule has 0 spiro atoms. The van der Waals surface area contributed by atoms with E-state index >= 15 is 0 Å². The van der Waals surface area contributed by atoms with Crippen LogP contribution < -0.4 is 29.6 Å². The van der Waals surface area contributed by atoms with Crippen molar-refractivity contribution < 1.29 is 18.9 Å². The maximum absolute atomic E-state index is 5.29. The first-order chi connectivity index (χ1) is 12.7. The van der Waals surface area contributed by atoms with E-state index in [2.05, 4.69) is 10.6 Å². The molecular formula is C20H29ClN2O4. The van der Waals surface area contributed by atoms with Gasteiger partial charge < -0.3 is 29.6 Å². The molecule has 0 unspecified atom stereocenters. The predicted octanol–water partition coefficient (Wildman–Crippen LogP) is 3.02. The molecule has 0 atom stereocenters. The average Bonchev–Trinajstić information content (AvgIpc) is 2.69. The first-order valence-electron chi connectivity index (χ1n) is 8.53. The van der Waals surface area contributed by atoms with Crippen LogP contribution in [0.1, 0.15) is 11.1 Å². The summed E-state index contributed by atoms with van der Waals surface area (Å²) in [6, 6.07) is 11.8. The zero-order valence-electron chi connectivity index (χ0n) is 16.3. The van der Waals surface area contributed by atoms with Gasteiger partial charge in [0.2, 0.25) is 0 Å². The molecule has 27 heavy (non-hydrogen) atoms. The Morgan fingerprint density at radius 3 is 1.11 bits per heavy atom. The molecule has 0 aromatic heterocycles. The summed E-state index contributed by atoms with van der Waals surface area (Å²) in [5.74, 6) is 3.19. The molecule has 6 nitrogen and oxygen atoms in total. The first kappa shape index (κ1) is 22.9. The van der Waals surface area contributed by atoms with Gasteiger partial charge in [-0.05, 0) is 35.4 Å². The van der Waals surface area contributed by atoms with Gasteiger partial charge >= 0.3 is 0 Å². The molecule has 2 aromatic rings. The van der Waals surface area contributed by atoms with Crippen molar-refractivity contribution in [3.63, 3.8) is 0 Å². The normalized spacial score (nSPS) is 10.1. The second kappa shape index (κ2) is 12.3. The highest BCUT2D eigenvalue weighted by molar-refractivity contribution is 5.85. The Bertz CT molecular complexity index is 594. The quantitative estimate of drug-likeness (QED) is 0.569. The van der Waals surface area contributed by atoms with Crippen LogP contribution in [0.15, 0.2) is 36.4 Å². The Morgan fingerprint density at radius 2 is 0.852 bits per heavy atom. The topological polar surface area (TPSA) is 61.0 Å². The van der Waals surface area contributed by atoms with Crippen LogP contribution in [0.5, 0.6) is 23.0 Å². The molecule has 0 saturated heterocycles. The number of ether oxygens (including phenoxy) is 4. The largest absolute Gasteiger partial charge is 0.497 e. The molecule has 0 aliphatic rings. The summed E-state index contributed by atoms with van der Waals surface area (Å²) in [6.45, 7) is 3.20. The molecule has 0 radical (unpaired) electrons. The molecule has 0 aliphatic heterocycles. The van der Waals surface area contributed by atoms with E-state index in [0.717, 1.165) is 60.3 Å². The Hall–Kier alpha value is -2.15. The van der Waals surface area contributed by atoms with E-state index < -0.39 is 0 Å². The molecule has 2 rings (SSSR count). The highest BCUT2D eigenvalue weighted by atomic mass is 35.5. The molecule has 0 saturated carbocycles. The van der Waals surface area contributed by atoms with Crippen LogP contribution in [0.25, 0.3) is 0 Å². The van der Waals surface area contributed by atoms with Crippen molar-refractivity contribution in [3.8, 4) is 23.0 Å². The van der Waals surface area contributed by atoms with Gasteiger partial charge in [-0.25, -0.2) is 0 Å². The van der Waals surface area contributed by atoms with Gasteiger partial charge in [-0.15, -0.1) is 12.4 Å². The average molecular weight is 397 g/mol. The van der Waals surface area contributed by atoms with Gasteiger partial charge in [0, 0.05) is 38.3 Å². The fourth-order valence-corrected chi connectivity index (χ4v) is 2.58. The number of methoxy groups -OCH3 is 4. The van der Waals surface area contributed by atoms with Gasteiger partial charge in [-0.1, -0.05) is 0 Å². The van der Waals surface area contributed by atoms with E-state index in [0.29, 0.717) is 0 Å². The van der Waals surface area contributed by atoms with Crippen LogP contribution in [-0.4, -0.2) is 41.5 Å². The lowest BCUT2D eigenvalue weighted by Gasteiger charge is -2.11. The molecule has 0 bridgehead atoms. The van der Waals surface area contributed by atoms with Crippen molar-refractivity contribution >= 4 is 12.4 Å². The molecular weight excluding hydrogens is 368 g/mol. The minimum Gasteiger partial charge on any atom is -0.497 e. The molecule has 2 aromatic carbocycles. The van der Waals surface area contributed by atoms with Crippen molar-refractivity contribution in [3.05, 3.63) is 47.5 Å². The van der Waals surface area contributed by atoms with Crippen LogP contribution in [0.2, 0.25) is 0 Å². The Kier molecular flexibility index (Phi) is 10.4. The maximum Gasteiger partial charge on any atom is 0.122 e. The zero-order chi connectivity index (χ0) is 18.8. The van der Waals surface area contributed by atoms with Crippen LogP contribution >= 0.6 is 12.4 Å². The molecule has 0 heterocycles. The van der Waals surface area contributed by atoms with Crippen molar-refractivity contribution in [1.82, 2.24) is 10.6 Å². The standard InChI is InChI=1S/C20H28N2O4.ClH/c1-23-17-7-15(8-18(11-17)24-2)13-21-5-6-22-14-16-9-19(25-3)12-20(10-16)26-4;/h7-12,21-22H,5-6,13-14H2,1-4H3;1H. The second-order valence-corrected chi connectivity index (χ2v) is 5.80. The summed E-state index contributed by atoms with van der Waals surface area (Å²) < 4.78 is 21.2. The van der Waals surface area contributed by atoms with Crippen LogP contribution in [-0.2, 0) is 13.1 Å². The van der Waals surface area contributed by atoms with Gasteiger partial charge in [0.1, 0.15) is 23.0 Å². The van der Waals surface area contributed by atoms with Gasteiger partial charge in [0.05, 0.1) is 28.4 Å². The maximum atomic E-state index is 5.29. The monoisotopic (exact) mass is 396 g/mol. The summed E-state index contributed by atoms with van der Waals surface area (Å²) in [4.78, 5) is 0. The third-order valence-electron chi connectivity index (χ3n) is 3.96. The number of rotatable bonds is 11. The fraction of sp³-hybridized carbons (Fsp3) is 0.400. The number of benzene rings is 2. The molecule has 0 fully saturated rings. The lowest BCUT2D eigenvalue weighted by molar-refractivity contribution is 0.392. The van der Waals surface area contributed by atoms with E-state index in [4.69, 9.17) is 18.9 Å². The van der Waals surface area contributed by atoms with E-state index in [9.17, 15) is 0 Å². The van der Waals surface area contributed by atoms with Crippen molar-refractivity contribution in [2.24, 2.45) is 0 Å². The third kappa shape index (κ3) is 7.54. The van der Waals surface area contributed by atoms with E-state index in [1.807, 2.05) is 36.4 Å². The highest BCUT2D eigenvalue weighted by Gasteiger charge is 2.03. The molecule has 150 valence electrons. The van der Waals surface area contributed by atoms with E-state index in [-0.39, 0.29) is 12.4 Å². The number of nitrogens with one attached hydrogen (secondary N) is 2.